The van der Waals surface area contributed by atoms with Gasteiger partial charge >= 0.3 is 0 Å². The highest BCUT2D eigenvalue weighted by Crippen LogP contribution is 2.35. The maximum absolute atomic E-state index is 12.9. The van der Waals surface area contributed by atoms with Crippen molar-refractivity contribution in [1.29, 1.82) is 0 Å². The van der Waals surface area contributed by atoms with Crippen LogP contribution in [0.5, 0.6) is 5.75 Å². The third-order valence-electron chi connectivity index (χ3n) is 7.28. The molecule has 1 aliphatic heterocycles. The van der Waals surface area contributed by atoms with Crippen molar-refractivity contribution in [3.8, 4) is 5.75 Å². The summed E-state index contributed by atoms with van der Waals surface area (Å²) in [4.78, 5) is 27.1. The van der Waals surface area contributed by atoms with Gasteiger partial charge in [0.15, 0.2) is 5.78 Å². The van der Waals surface area contributed by atoms with Crippen LogP contribution in [0.4, 0.5) is 5.69 Å². The smallest absolute Gasteiger partial charge is 0.248 e. The number of aryl methyl sites for hydroxylation is 1. The van der Waals surface area contributed by atoms with E-state index in [4.69, 9.17) is 22.1 Å². The summed E-state index contributed by atoms with van der Waals surface area (Å²) in [5.41, 5.74) is 8.16. The fourth-order valence-electron chi connectivity index (χ4n) is 4.87. The Hall–Kier alpha value is -2.44. The number of fused-ring (bicyclic) bond motifs is 1. The number of halogens is 1. The summed E-state index contributed by atoms with van der Waals surface area (Å²) in [5, 5.41) is 0.762. The van der Waals surface area contributed by atoms with Crippen molar-refractivity contribution in [1.82, 2.24) is 0 Å². The molecule has 0 bridgehead atoms. The lowest BCUT2D eigenvalue weighted by Crippen LogP contribution is -2.32. The molecule has 2 aromatic rings. The quantitative estimate of drug-likeness (QED) is 0.164. The number of rotatable bonds is 14. The lowest BCUT2D eigenvalue weighted by atomic mass is 9.95. The highest BCUT2D eigenvalue weighted by atomic mass is 35.5. The third-order valence-corrected chi connectivity index (χ3v) is 8.14. The number of amides is 1. The first kappa shape index (κ1) is 37.6. The van der Waals surface area contributed by atoms with E-state index in [-0.39, 0.29) is 11.7 Å². The first-order valence-corrected chi connectivity index (χ1v) is 16.7. The van der Waals surface area contributed by atoms with E-state index < -0.39 is 5.91 Å². The molecule has 0 aliphatic carbocycles. The molecule has 0 saturated heterocycles. The number of ketones is 1. The molecular weight excluding hydrogens is 564 g/mol. The largest absolute Gasteiger partial charge is 0.491 e. The molecule has 2 N–H and O–H groups in total. The highest BCUT2D eigenvalue weighted by molar-refractivity contribution is 7.80. The Bertz CT molecular complexity index is 1110. The van der Waals surface area contributed by atoms with Crippen molar-refractivity contribution in [2.45, 2.75) is 80.1 Å². The van der Waals surface area contributed by atoms with E-state index in [0.29, 0.717) is 30.6 Å². The fraction of sp³-hybridized carbons (Fsp3) is 0.543. The number of thiol groups is 1. The topological polar surface area (TPSA) is 72.6 Å². The molecule has 1 amide bonds. The van der Waals surface area contributed by atoms with Gasteiger partial charge < -0.3 is 15.4 Å². The monoisotopic (exact) mass is 616 g/mol. The summed E-state index contributed by atoms with van der Waals surface area (Å²) in [6.45, 7) is 14.3. The molecule has 234 valence electrons. The maximum atomic E-state index is 12.9. The molecule has 3 rings (SSSR count). The predicted molar refractivity (Wildman–Crippen MR) is 183 cm³/mol. The van der Waals surface area contributed by atoms with Crippen LogP contribution in [0.1, 0.15) is 89.6 Å². The van der Waals surface area contributed by atoms with Crippen molar-refractivity contribution in [2.24, 2.45) is 23.5 Å². The van der Waals surface area contributed by atoms with Crippen molar-refractivity contribution in [3.05, 3.63) is 70.8 Å². The van der Waals surface area contributed by atoms with Gasteiger partial charge in [-0.05, 0) is 92.2 Å². The molecule has 0 fully saturated rings. The van der Waals surface area contributed by atoms with Crippen LogP contribution in [0.2, 0.25) is 5.02 Å². The fourth-order valence-corrected chi connectivity index (χ4v) is 5.23. The third kappa shape index (κ3) is 12.8. The number of nitrogens with zero attached hydrogens (tertiary/aromatic N) is 1. The van der Waals surface area contributed by atoms with Crippen LogP contribution in [0.25, 0.3) is 0 Å². The number of hydrogen-bond donors (Lipinski definition) is 2. The summed E-state index contributed by atoms with van der Waals surface area (Å²) in [5.74, 6) is 1.99. The van der Waals surface area contributed by atoms with E-state index in [2.05, 4.69) is 37.4 Å². The Morgan fingerprint density at radius 3 is 2.55 bits per heavy atom. The van der Waals surface area contributed by atoms with Crippen molar-refractivity contribution in [3.63, 3.8) is 0 Å². The SMILES string of the molecule is CC.CC.CC[C@H](CCN1CC(CCCc2cccc(Cl)c2)COc2ccc(C(N)=O)cc21)C(=O)/C=C/C[C@H](C)CS. The minimum atomic E-state index is -0.461. The van der Waals surface area contributed by atoms with Gasteiger partial charge in [0.25, 0.3) is 0 Å². The summed E-state index contributed by atoms with van der Waals surface area (Å²) in [6, 6.07) is 13.4. The van der Waals surface area contributed by atoms with Crippen LogP contribution in [0, 0.1) is 17.8 Å². The average molecular weight is 617 g/mol. The first-order valence-electron chi connectivity index (χ1n) is 15.7. The lowest BCUT2D eigenvalue weighted by Gasteiger charge is -2.28. The van der Waals surface area contributed by atoms with Gasteiger partial charge in [0.2, 0.25) is 5.91 Å². The predicted octanol–water partition coefficient (Wildman–Crippen LogP) is 8.83. The second-order valence-electron chi connectivity index (χ2n) is 10.4. The number of benzene rings is 2. The van der Waals surface area contributed by atoms with Crippen LogP contribution in [-0.4, -0.2) is 37.1 Å². The number of primary amides is 1. The van der Waals surface area contributed by atoms with Crippen molar-refractivity contribution in [2.75, 3.05) is 30.3 Å². The Morgan fingerprint density at radius 1 is 1.17 bits per heavy atom. The van der Waals surface area contributed by atoms with Crippen LogP contribution in [-0.2, 0) is 11.2 Å². The zero-order valence-corrected chi connectivity index (χ0v) is 28.2. The molecule has 0 radical (unpaired) electrons. The molecule has 3 atom stereocenters. The van der Waals surface area contributed by atoms with Gasteiger partial charge in [0, 0.05) is 35.5 Å². The molecule has 1 aliphatic rings. The van der Waals surface area contributed by atoms with E-state index in [9.17, 15) is 9.59 Å². The Labute approximate surface area is 265 Å². The minimum Gasteiger partial charge on any atom is -0.491 e. The summed E-state index contributed by atoms with van der Waals surface area (Å²) in [7, 11) is 0. The number of allylic oxidation sites excluding steroid dienone is 2. The van der Waals surface area contributed by atoms with Gasteiger partial charge in [-0.1, -0.05) is 71.4 Å². The standard InChI is InChI=1S/C31H41ClN2O3S.2C2H6/c1-3-25(29(35)12-4-7-22(2)21-38)15-16-34-19-24(10-5-8-23-9-6-11-27(32)17-23)20-37-30-14-13-26(31(33)36)18-28(30)34;2*1-2/h4,6,9,11-14,17-18,22,24-25,38H,3,5,7-8,10,15-16,19-21H2,1-2H3,(H2,33,36);2*1-2H3/b12-4+;;/t22-,24?,25+;;/m0../s1. The molecule has 5 nitrogen and oxygen atoms in total. The molecular formula is C35H53ClN2O3S. The second kappa shape index (κ2) is 21.3. The first-order chi connectivity index (χ1) is 20.3. The van der Waals surface area contributed by atoms with E-state index in [1.807, 2.05) is 64.1 Å². The zero-order valence-electron chi connectivity index (χ0n) is 26.6. The van der Waals surface area contributed by atoms with Crippen LogP contribution in [0.3, 0.4) is 0 Å². The molecule has 1 heterocycles. The number of carbonyl (C=O) groups excluding carboxylic acids is 2. The summed E-state index contributed by atoms with van der Waals surface area (Å²) < 4.78 is 6.22. The summed E-state index contributed by atoms with van der Waals surface area (Å²) >= 11 is 10.5. The van der Waals surface area contributed by atoms with Gasteiger partial charge in [0.05, 0.1) is 12.3 Å². The van der Waals surface area contributed by atoms with E-state index in [1.54, 1.807) is 12.1 Å². The Balaban J connectivity index is 0.00000211. The van der Waals surface area contributed by atoms with E-state index in [1.165, 1.54) is 5.56 Å². The molecule has 7 heteroatoms. The molecule has 1 unspecified atom stereocenters. The van der Waals surface area contributed by atoms with Crippen molar-refractivity contribution >= 4 is 41.6 Å². The molecule has 0 aromatic heterocycles. The van der Waals surface area contributed by atoms with Gasteiger partial charge in [-0.15, -0.1) is 0 Å². The maximum Gasteiger partial charge on any atom is 0.248 e. The van der Waals surface area contributed by atoms with Crippen LogP contribution >= 0.6 is 24.2 Å². The molecule has 0 saturated carbocycles. The van der Waals surface area contributed by atoms with Crippen LogP contribution in [0.15, 0.2) is 54.6 Å². The number of hydrogen-bond acceptors (Lipinski definition) is 5. The molecule has 42 heavy (non-hydrogen) atoms. The second-order valence-corrected chi connectivity index (χ2v) is 11.2. The van der Waals surface area contributed by atoms with Crippen molar-refractivity contribution < 1.29 is 14.3 Å². The molecule has 2 aromatic carbocycles. The van der Waals surface area contributed by atoms with Gasteiger partial charge in [-0.3, -0.25) is 9.59 Å². The zero-order chi connectivity index (χ0) is 31.5. The van der Waals surface area contributed by atoms with E-state index >= 15 is 0 Å². The molecule has 0 spiro atoms. The summed E-state index contributed by atoms with van der Waals surface area (Å²) in [6.07, 6.45) is 9.09. The van der Waals surface area contributed by atoms with Gasteiger partial charge in [-0.25, -0.2) is 0 Å². The number of anilines is 1. The lowest BCUT2D eigenvalue weighted by molar-refractivity contribution is -0.118. The van der Waals surface area contributed by atoms with Gasteiger partial charge in [-0.2, -0.15) is 12.6 Å². The number of carbonyl (C=O) groups is 2. The normalized spacial score (nSPS) is 15.6. The highest BCUT2D eigenvalue weighted by Gasteiger charge is 2.25. The minimum absolute atomic E-state index is 0.0502. The van der Waals surface area contributed by atoms with E-state index in [0.717, 1.165) is 67.3 Å². The Kier molecular flexibility index (Phi) is 19.0. The van der Waals surface area contributed by atoms with Gasteiger partial charge in [0.1, 0.15) is 5.75 Å². The number of ether oxygens (including phenoxy) is 1. The van der Waals surface area contributed by atoms with Crippen LogP contribution < -0.4 is 15.4 Å². The average Bonchev–Trinajstić information content (AvgIpc) is 3.18. The Morgan fingerprint density at radius 2 is 1.90 bits per heavy atom. The number of nitrogens with two attached hydrogens (primary N) is 1.